The van der Waals surface area contributed by atoms with E-state index in [4.69, 9.17) is 0 Å². The highest BCUT2D eigenvalue weighted by molar-refractivity contribution is 7.99. The number of carbonyl (C=O) groups excluding carboxylic acids is 1. The predicted molar refractivity (Wildman–Crippen MR) is 95.2 cm³/mol. The molecule has 1 aromatic heterocycles. The number of rotatable bonds is 2. The monoisotopic (exact) mass is 332 g/mol. The molecule has 1 aromatic carbocycles. The molecule has 0 bridgehead atoms. The van der Waals surface area contributed by atoms with Crippen LogP contribution in [0.4, 0.5) is 0 Å². The lowest BCUT2D eigenvalue weighted by atomic mass is 9.97. The van der Waals surface area contributed by atoms with Crippen LogP contribution in [0.1, 0.15) is 10.4 Å². The van der Waals surface area contributed by atoms with Crippen molar-refractivity contribution in [3.8, 4) is 0 Å². The molecule has 22 heavy (non-hydrogen) atoms. The Kier molecular flexibility index (Phi) is 3.96. The summed E-state index contributed by atoms with van der Waals surface area (Å²) < 4.78 is 2.18. The highest BCUT2D eigenvalue weighted by Gasteiger charge is 2.33. The Labute approximate surface area is 139 Å². The van der Waals surface area contributed by atoms with Gasteiger partial charge in [0.15, 0.2) is 5.78 Å². The number of aryl methyl sites for hydroxylation is 1. The minimum absolute atomic E-state index is 0.145. The van der Waals surface area contributed by atoms with Crippen molar-refractivity contribution in [3.63, 3.8) is 0 Å². The smallest absolute Gasteiger partial charge is 0.171 e. The van der Waals surface area contributed by atoms with Crippen molar-refractivity contribution in [1.82, 2.24) is 9.47 Å². The highest BCUT2D eigenvalue weighted by Crippen LogP contribution is 2.39. The van der Waals surface area contributed by atoms with E-state index in [0.717, 1.165) is 41.4 Å². The number of ketones is 1. The van der Waals surface area contributed by atoms with Gasteiger partial charge in [-0.2, -0.15) is 11.8 Å². The third-order valence-corrected chi connectivity index (χ3v) is 6.94. The van der Waals surface area contributed by atoms with Crippen molar-refractivity contribution in [1.29, 1.82) is 0 Å². The van der Waals surface area contributed by atoms with Gasteiger partial charge in [-0.1, -0.05) is 18.2 Å². The van der Waals surface area contributed by atoms with E-state index in [2.05, 4.69) is 28.6 Å². The first-order chi connectivity index (χ1) is 10.8. The van der Waals surface area contributed by atoms with Crippen molar-refractivity contribution >= 4 is 40.2 Å². The molecule has 2 aromatic rings. The minimum Gasteiger partial charge on any atom is -0.338 e. The lowest BCUT2D eigenvalue weighted by Gasteiger charge is -2.31. The summed E-state index contributed by atoms with van der Waals surface area (Å²) >= 11 is 3.87. The maximum Gasteiger partial charge on any atom is 0.171 e. The maximum absolute atomic E-state index is 13.1. The van der Waals surface area contributed by atoms with Crippen molar-refractivity contribution in [3.05, 3.63) is 29.8 Å². The molecule has 0 saturated carbocycles. The fraction of sp³-hybridized carbons (Fsp3) is 0.471. The second-order valence-electron chi connectivity index (χ2n) is 6.04. The quantitative estimate of drug-likeness (QED) is 0.844. The number of fused-ring (bicyclic) bond motifs is 3. The van der Waals surface area contributed by atoms with Crippen LogP contribution >= 0.6 is 23.5 Å². The second kappa shape index (κ2) is 5.95. The summed E-state index contributed by atoms with van der Waals surface area (Å²) in [5.74, 6) is 3.82. The SMILES string of the molecule is Cn1c2c(c3ccccc31)C(=O)C(CN1CCSCC1)CS2. The van der Waals surface area contributed by atoms with Crippen molar-refractivity contribution in [2.45, 2.75) is 5.03 Å². The number of Topliss-reactive ketones (excluding diaryl/α,β-unsaturated/α-hetero) is 1. The molecule has 0 N–H and O–H groups in total. The lowest BCUT2D eigenvalue weighted by molar-refractivity contribution is 0.0896. The Balaban J connectivity index is 1.66. The molecule has 5 heteroatoms. The van der Waals surface area contributed by atoms with E-state index in [-0.39, 0.29) is 5.92 Å². The fourth-order valence-electron chi connectivity index (χ4n) is 3.47. The van der Waals surface area contributed by atoms with Crippen LogP contribution < -0.4 is 0 Å². The first-order valence-corrected chi connectivity index (χ1v) is 9.94. The summed E-state index contributed by atoms with van der Waals surface area (Å²) in [5, 5.41) is 2.27. The van der Waals surface area contributed by atoms with Crippen LogP contribution in [0.5, 0.6) is 0 Å². The molecule has 0 amide bonds. The van der Waals surface area contributed by atoms with Gasteiger partial charge in [-0.25, -0.2) is 0 Å². The van der Waals surface area contributed by atoms with E-state index < -0.39 is 0 Å². The van der Waals surface area contributed by atoms with Gasteiger partial charge >= 0.3 is 0 Å². The molecule has 2 aliphatic heterocycles. The van der Waals surface area contributed by atoms with E-state index >= 15 is 0 Å². The molecule has 1 fully saturated rings. The molecule has 3 nitrogen and oxygen atoms in total. The number of benzene rings is 1. The van der Waals surface area contributed by atoms with E-state index in [1.807, 2.05) is 35.7 Å². The Bertz CT molecular complexity index is 719. The van der Waals surface area contributed by atoms with Gasteiger partial charge in [0.05, 0.1) is 10.6 Å². The first-order valence-electron chi connectivity index (χ1n) is 7.80. The molecule has 1 atom stereocenters. The largest absolute Gasteiger partial charge is 0.338 e. The number of carbonyl (C=O) groups is 1. The molecule has 4 rings (SSSR count). The number of hydrogen-bond acceptors (Lipinski definition) is 4. The van der Waals surface area contributed by atoms with E-state index in [1.165, 1.54) is 17.0 Å². The summed E-state index contributed by atoms with van der Waals surface area (Å²) in [5.41, 5.74) is 2.13. The zero-order valence-corrected chi connectivity index (χ0v) is 14.4. The van der Waals surface area contributed by atoms with Crippen molar-refractivity contribution < 1.29 is 4.79 Å². The third kappa shape index (κ3) is 2.39. The third-order valence-electron chi connectivity index (χ3n) is 4.67. The Hall–Kier alpha value is -0.910. The van der Waals surface area contributed by atoms with Crippen LogP contribution in [0.3, 0.4) is 0 Å². The highest BCUT2D eigenvalue weighted by atomic mass is 32.2. The molecule has 1 unspecified atom stereocenters. The summed E-state index contributed by atoms with van der Waals surface area (Å²) in [4.78, 5) is 15.5. The molecule has 2 aliphatic rings. The molecular weight excluding hydrogens is 312 g/mol. The van der Waals surface area contributed by atoms with Crippen LogP contribution in [-0.2, 0) is 7.05 Å². The Morgan fingerprint density at radius 1 is 1.23 bits per heavy atom. The summed E-state index contributed by atoms with van der Waals surface area (Å²) in [6, 6.07) is 8.28. The molecule has 116 valence electrons. The predicted octanol–water partition coefficient (Wildman–Crippen LogP) is 3.13. The van der Waals surface area contributed by atoms with E-state index in [9.17, 15) is 4.79 Å². The molecule has 3 heterocycles. The summed E-state index contributed by atoms with van der Waals surface area (Å²) in [7, 11) is 2.07. The molecule has 0 radical (unpaired) electrons. The van der Waals surface area contributed by atoms with Gasteiger partial charge in [0.2, 0.25) is 0 Å². The van der Waals surface area contributed by atoms with Crippen LogP contribution in [0, 0.1) is 5.92 Å². The summed E-state index contributed by atoms with van der Waals surface area (Å²) in [6.45, 7) is 3.18. The van der Waals surface area contributed by atoms with Gasteiger partial charge in [-0.3, -0.25) is 4.79 Å². The van der Waals surface area contributed by atoms with E-state index in [0.29, 0.717) is 5.78 Å². The number of nitrogens with zero attached hydrogens (tertiary/aromatic N) is 2. The number of thioether (sulfide) groups is 2. The van der Waals surface area contributed by atoms with Gasteiger partial charge in [-0.05, 0) is 6.07 Å². The lowest BCUT2D eigenvalue weighted by Crippen LogP contribution is -2.40. The van der Waals surface area contributed by atoms with Crippen LogP contribution in [0.25, 0.3) is 10.9 Å². The standard InChI is InChI=1S/C17H20N2OS2/c1-18-14-5-3-2-4-13(14)15-16(20)12(11-22-17(15)18)10-19-6-8-21-9-7-19/h2-5,12H,6-11H2,1H3. The Morgan fingerprint density at radius 2 is 2.00 bits per heavy atom. The van der Waals surface area contributed by atoms with Crippen LogP contribution in [-0.4, -0.2) is 52.1 Å². The first kappa shape index (κ1) is 14.7. The van der Waals surface area contributed by atoms with Gasteiger partial charge in [-0.15, -0.1) is 11.8 Å². The van der Waals surface area contributed by atoms with Crippen LogP contribution in [0.2, 0.25) is 0 Å². The molecule has 0 aliphatic carbocycles. The second-order valence-corrected chi connectivity index (χ2v) is 8.27. The topological polar surface area (TPSA) is 25.2 Å². The fourth-order valence-corrected chi connectivity index (χ4v) is 5.71. The number of aromatic nitrogens is 1. The van der Waals surface area contributed by atoms with Gasteiger partial charge in [0, 0.05) is 60.8 Å². The maximum atomic E-state index is 13.1. The molecular formula is C17H20N2OS2. The molecule has 1 saturated heterocycles. The zero-order chi connectivity index (χ0) is 15.1. The average molecular weight is 332 g/mol. The van der Waals surface area contributed by atoms with Crippen molar-refractivity contribution in [2.24, 2.45) is 13.0 Å². The summed E-state index contributed by atoms with van der Waals surface area (Å²) in [6.07, 6.45) is 0. The Morgan fingerprint density at radius 3 is 2.82 bits per heavy atom. The average Bonchev–Trinajstić information content (AvgIpc) is 2.85. The zero-order valence-electron chi connectivity index (χ0n) is 12.7. The van der Waals surface area contributed by atoms with Gasteiger partial charge in [0.1, 0.15) is 0 Å². The minimum atomic E-state index is 0.145. The van der Waals surface area contributed by atoms with Gasteiger partial charge in [0.25, 0.3) is 0 Å². The van der Waals surface area contributed by atoms with Gasteiger partial charge < -0.3 is 9.47 Å². The normalized spacial score (nSPS) is 23.0. The molecule has 0 spiro atoms. The number of hydrogen-bond donors (Lipinski definition) is 0. The van der Waals surface area contributed by atoms with Crippen LogP contribution in [0.15, 0.2) is 29.3 Å². The van der Waals surface area contributed by atoms with Crippen molar-refractivity contribution in [2.75, 3.05) is 36.9 Å². The number of para-hydroxylation sites is 1. The van der Waals surface area contributed by atoms with E-state index in [1.54, 1.807) is 0 Å².